The van der Waals surface area contributed by atoms with E-state index in [0.29, 0.717) is 132 Å². The Bertz CT molecular complexity index is 4060. The number of hydrogen-bond acceptors (Lipinski definition) is 15. The highest BCUT2D eigenvalue weighted by Gasteiger charge is 2.35. The topological polar surface area (TPSA) is 298 Å². The van der Waals surface area contributed by atoms with Crippen LogP contribution in [0, 0.1) is 59.2 Å². The van der Waals surface area contributed by atoms with E-state index in [1.165, 1.54) is 18.6 Å². The number of carbonyl (C=O) groups excluding carboxylic acids is 7. The van der Waals surface area contributed by atoms with Crippen molar-refractivity contribution in [2.45, 2.75) is 223 Å². The monoisotopic (exact) mass is 1590 g/mol. The van der Waals surface area contributed by atoms with Gasteiger partial charge in [-0.2, -0.15) is 0 Å². The van der Waals surface area contributed by atoms with E-state index in [0.717, 1.165) is 120 Å². The van der Waals surface area contributed by atoms with Crippen LogP contribution in [0.4, 0.5) is 22.7 Å². The van der Waals surface area contributed by atoms with Crippen LogP contribution in [0.3, 0.4) is 0 Å². The van der Waals surface area contributed by atoms with Crippen molar-refractivity contribution >= 4 is 82.6 Å². The van der Waals surface area contributed by atoms with Gasteiger partial charge in [0.05, 0.1) is 55.0 Å². The number of ether oxygens (including phenoxy) is 6. The maximum atomic E-state index is 14.0. The molecule has 22 heteroatoms. The maximum absolute atomic E-state index is 14.0. The average Bonchev–Trinajstić information content (AvgIpc) is 0.825. The number of rotatable bonds is 33. The van der Waals surface area contributed by atoms with E-state index in [9.17, 15) is 43.5 Å². The molecule has 21 nitrogen and oxygen atoms in total. The molecule has 0 heterocycles. The van der Waals surface area contributed by atoms with Crippen LogP contribution < -0.4 is 51.3 Å². The van der Waals surface area contributed by atoms with E-state index < -0.39 is 29.9 Å². The number of benzene rings is 6. The summed E-state index contributed by atoms with van der Waals surface area (Å²) in [5.74, 6) is 0.933. The molecule has 0 radical (unpaired) electrons. The molecule has 0 saturated heterocycles. The Kier molecular flexibility index (Phi) is 38.1. The zero-order valence-corrected chi connectivity index (χ0v) is 69.5. The summed E-state index contributed by atoms with van der Waals surface area (Å²) in [4.78, 5) is 104. The lowest BCUT2D eigenvalue weighted by atomic mass is 9.80. The molecule has 114 heavy (non-hydrogen) atoms. The lowest BCUT2D eigenvalue weighted by Crippen LogP contribution is -2.46. The molecule has 6 aromatic carbocycles. The molecule has 0 spiro atoms. The number of nitrogens with two attached hydrogens (primary N) is 1. The summed E-state index contributed by atoms with van der Waals surface area (Å²) < 4.78 is 34.8. The fourth-order valence-corrected chi connectivity index (χ4v) is 14.5. The van der Waals surface area contributed by atoms with E-state index in [1.807, 2.05) is 60.7 Å². The van der Waals surface area contributed by atoms with Gasteiger partial charge in [-0.25, -0.2) is 14.4 Å². The molecule has 0 aliphatic heterocycles. The minimum atomic E-state index is -1.03. The summed E-state index contributed by atoms with van der Waals surface area (Å²) in [5, 5.41) is 24.4. The SMILES string of the molecule is CC(C)CCOc1cc(NC(=O)C2CCCCC2C)cc(C(=O)NC2CCCCC2C(=O)Nc2cc(OCCC(C)C)cc(C(=O)OCc3ccccc3)c2)c1.CC(C)CCOc1cc(NC(=O)C2CCCCC2C)cc(C(=O)O)c1.CC(C)CCOc1cc(NC(=O)C2CCCCC2N)cc(C(=O)OCc2ccccc2)c1.Cl. The number of carboxylic acids is 1. The third-order valence-corrected chi connectivity index (χ3v) is 21.4. The Morgan fingerprint density at radius 2 is 0.693 bits per heavy atom. The van der Waals surface area contributed by atoms with Gasteiger partial charge in [0, 0.05) is 76.5 Å². The van der Waals surface area contributed by atoms with Crippen molar-refractivity contribution in [1.82, 2.24) is 5.32 Å². The largest absolute Gasteiger partial charge is 0.493 e. The maximum Gasteiger partial charge on any atom is 0.338 e. The quantitative estimate of drug-likeness (QED) is 0.0188. The lowest BCUT2D eigenvalue weighted by molar-refractivity contribution is -0.123. The predicted octanol–water partition coefficient (Wildman–Crippen LogP) is 19.5. The first-order chi connectivity index (χ1) is 54.2. The van der Waals surface area contributed by atoms with Crippen molar-refractivity contribution in [2.24, 2.45) is 64.9 Å². The number of esters is 2. The minimum Gasteiger partial charge on any atom is -0.493 e. The fourth-order valence-electron chi connectivity index (χ4n) is 14.5. The van der Waals surface area contributed by atoms with Gasteiger partial charge in [-0.05, 0) is 172 Å². The summed E-state index contributed by atoms with van der Waals surface area (Å²) in [6.45, 7) is 23.5. The number of halogens is 1. The molecule has 4 saturated carbocycles. The van der Waals surface area contributed by atoms with E-state index in [-0.39, 0.29) is 90.1 Å². The minimum absolute atomic E-state index is 0. The Hall–Kier alpha value is -9.47. The zero-order chi connectivity index (χ0) is 81.3. The highest BCUT2D eigenvalue weighted by molar-refractivity contribution is 6.01. The van der Waals surface area contributed by atoms with Gasteiger partial charge in [-0.3, -0.25) is 24.0 Å². The second kappa shape index (κ2) is 47.4. The number of carbonyl (C=O) groups is 8. The van der Waals surface area contributed by atoms with Gasteiger partial charge in [-0.15, -0.1) is 12.4 Å². The second-order valence-corrected chi connectivity index (χ2v) is 32.8. The summed E-state index contributed by atoms with van der Waals surface area (Å²) >= 11 is 0. The number of nitrogens with one attached hydrogen (secondary N) is 5. The Morgan fingerprint density at radius 1 is 0.386 bits per heavy atom. The number of amides is 5. The normalized spacial score (nSPS) is 19.2. The Morgan fingerprint density at radius 3 is 1.06 bits per heavy atom. The Balaban J connectivity index is 0.000000261. The highest BCUT2D eigenvalue weighted by Crippen LogP contribution is 2.36. The summed E-state index contributed by atoms with van der Waals surface area (Å²) in [6, 6.07) is 38.3. The first-order valence-corrected chi connectivity index (χ1v) is 41.3. The van der Waals surface area contributed by atoms with Gasteiger partial charge in [-0.1, -0.05) is 181 Å². The molecule has 4 fully saturated rings. The van der Waals surface area contributed by atoms with Gasteiger partial charge in [0.2, 0.25) is 23.6 Å². The van der Waals surface area contributed by atoms with Crippen LogP contribution in [0.25, 0.3) is 0 Å². The highest BCUT2D eigenvalue weighted by atomic mass is 35.5. The second-order valence-electron chi connectivity index (χ2n) is 32.8. The summed E-state index contributed by atoms with van der Waals surface area (Å²) in [6.07, 6.45) is 18.3. The molecule has 8 unspecified atom stereocenters. The van der Waals surface area contributed by atoms with Crippen molar-refractivity contribution in [2.75, 3.05) is 47.7 Å². The Labute approximate surface area is 681 Å². The van der Waals surface area contributed by atoms with E-state index in [1.54, 1.807) is 60.7 Å². The van der Waals surface area contributed by atoms with E-state index >= 15 is 0 Å². The molecule has 0 aromatic heterocycles. The molecule has 5 amide bonds. The fraction of sp³-hybridized carbons (Fsp3) is 0.522. The van der Waals surface area contributed by atoms with Crippen LogP contribution in [0.15, 0.2) is 133 Å². The third kappa shape index (κ3) is 31.0. The molecule has 0 bridgehead atoms. The van der Waals surface area contributed by atoms with E-state index in [4.69, 9.17) is 34.2 Å². The molecule has 8 atom stereocenters. The molecular formula is C92H125ClN6O15. The van der Waals surface area contributed by atoms with Crippen molar-refractivity contribution in [3.8, 4) is 23.0 Å². The van der Waals surface area contributed by atoms with Crippen LogP contribution in [-0.4, -0.2) is 91.1 Å². The van der Waals surface area contributed by atoms with Gasteiger partial charge in [0.15, 0.2) is 0 Å². The first kappa shape index (κ1) is 91.7. The molecule has 10 rings (SSSR count). The third-order valence-electron chi connectivity index (χ3n) is 21.4. The smallest absolute Gasteiger partial charge is 0.338 e. The van der Waals surface area contributed by atoms with Crippen LogP contribution in [0.2, 0.25) is 0 Å². The van der Waals surface area contributed by atoms with E-state index in [2.05, 4.69) is 95.8 Å². The molecule has 4 aliphatic carbocycles. The van der Waals surface area contributed by atoms with Crippen molar-refractivity contribution in [3.63, 3.8) is 0 Å². The molecule has 8 N–H and O–H groups in total. The van der Waals surface area contributed by atoms with Crippen LogP contribution in [0.1, 0.15) is 250 Å². The van der Waals surface area contributed by atoms with Crippen molar-refractivity contribution in [3.05, 3.63) is 167 Å². The number of aromatic carboxylic acids is 1. The van der Waals surface area contributed by atoms with Crippen LogP contribution in [-0.2, 0) is 41.9 Å². The standard InChI is InChI=1S/C46H61N3O7.C26H34N2O4.C20H29NO4.ClH/c1-30(2)19-21-54-38-25-34(23-36(27-38)47-44(51)40-16-10-9-13-32(40)5)43(50)49-42-18-12-11-17-41(42)45(52)48-37-24-35(26-39(28-37)55-22-20-31(3)4)46(53)56-29-33-14-7-6-8-15-33;1-18(2)12-13-31-22-15-20(26(30)32-17-19-8-4-3-5-9-19)14-21(16-22)28-25(29)23-10-6-7-11-24(23)27;1-13(2)8-9-25-17-11-15(20(23)24)10-16(12-17)21-19(22)18-7-5-4-6-14(18)3;/h6-8,14-15,23-28,30-32,40-42H,9-13,16-22,29H2,1-5H3,(H,47,51)(H,48,52)(H,49,50);3-5,8-9,14-16,18,23-24H,6-7,10-13,17,27H2,1-2H3,(H,28,29);10-14,18H,4-9H2,1-3H3,(H,21,22)(H,23,24);1H. The number of hydrogen-bond donors (Lipinski definition) is 7. The van der Waals surface area contributed by atoms with Gasteiger partial charge >= 0.3 is 17.9 Å². The number of anilines is 4. The zero-order valence-electron chi connectivity index (χ0n) is 68.7. The lowest BCUT2D eigenvalue weighted by Gasteiger charge is -2.31. The molecule has 4 aliphatic rings. The average molecular weight is 1590 g/mol. The number of carboxylic acid groups (broad SMARTS) is 1. The first-order valence-electron chi connectivity index (χ1n) is 41.3. The van der Waals surface area contributed by atoms with Crippen molar-refractivity contribution in [1.29, 1.82) is 0 Å². The molecular weight excluding hydrogens is 1460 g/mol. The molecule has 620 valence electrons. The van der Waals surface area contributed by atoms with Gasteiger partial charge < -0.3 is 65.8 Å². The van der Waals surface area contributed by atoms with Crippen molar-refractivity contribution < 1.29 is 71.9 Å². The predicted molar refractivity (Wildman–Crippen MR) is 451 cm³/mol. The molecule has 6 aromatic rings. The summed E-state index contributed by atoms with van der Waals surface area (Å²) in [7, 11) is 0. The van der Waals surface area contributed by atoms with Gasteiger partial charge in [0.25, 0.3) is 5.91 Å². The van der Waals surface area contributed by atoms with Crippen LogP contribution in [0.5, 0.6) is 23.0 Å². The summed E-state index contributed by atoms with van der Waals surface area (Å²) in [5.41, 5.74) is 11.0. The van der Waals surface area contributed by atoms with Crippen LogP contribution >= 0.6 is 12.4 Å². The van der Waals surface area contributed by atoms with Gasteiger partial charge in [0.1, 0.15) is 36.2 Å².